The van der Waals surface area contributed by atoms with Gasteiger partial charge in [-0.05, 0) is 96.9 Å². The molecule has 0 aromatic heterocycles. The van der Waals surface area contributed by atoms with Crippen LogP contribution in [0, 0.1) is 52.3 Å². The zero-order valence-corrected chi connectivity index (χ0v) is 21.0. The van der Waals surface area contributed by atoms with E-state index in [-0.39, 0.29) is 10.2 Å². The highest BCUT2D eigenvalue weighted by atomic mass is 79.9. The van der Waals surface area contributed by atoms with Gasteiger partial charge in [-0.25, -0.2) is 0 Å². The van der Waals surface area contributed by atoms with Gasteiger partial charge in [-0.3, -0.25) is 4.79 Å². The fraction of sp³-hybridized carbons (Fsp3) is 0.889. The Hall–Kier alpha value is -0.110. The molecule has 4 aliphatic carbocycles. The van der Waals surface area contributed by atoms with E-state index in [0.29, 0.717) is 17.1 Å². The molecule has 29 heavy (non-hydrogen) atoms. The summed E-state index contributed by atoms with van der Waals surface area (Å²) in [6.07, 6.45) is 16.7. The predicted molar refractivity (Wildman–Crippen MR) is 126 cm³/mol. The molecule has 4 rings (SSSR count). The summed E-state index contributed by atoms with van der Waals surface area (Å²) in [5.74, 6) is 6.01. The van der Waals surface area contributed by atoms with Crippen LogP contribution in [0.4, 0.5) is 0 Å². The third kappa shape index (κ3) is 3.62. The maximum absolute atomic E-state index is 12.3. The Balaban J connectivity index is 1.51. The highest BCUT2D eigenvalue weighted by molar-refractivity contribution is 9.10. The zero-order chi connectivity index (χ0) is 21.0. The molecule has 9 atom stereocenters. The number of hydrogen-bond acceptors (Lipinski definition) is 1. The number of halogens is 1. The molecule has 0 saturated heterocycles. The summed E-state index contributed by atoms with van der Waals surface area (Å²) in [6.45, 7) is 12.4. The maximum atomic E-state index is 12.3. The van der Waals surface area contributed by atoms with Crippen molar-refractivity contribution in [2.45, 2.75) is 97.2 Å². The van der Waals surface area contributed by atoms with Gasteiger partial charge < -0.3 is 0 Å². The highest BCUT2D eigenvalue weighted by Crippen LogP contribution is 2.67. The number of ketones is 1. The lowest BCUT2D eigenvalue weighted by atomic mass is 9.45. The molecule has 2 heteroatoms. The van der Waals surface area contributed by atoms with Gasteiger partial charge >= 0.3 is 0 Å². The van der Waals surface area contributed by atoms with Crippen LogP contribution >= 0.6 is 15.9 Å². The van der Waals surface area contributed by atoms with Crippen LogP contribution in [0.25, 0.3) is 0 Å². The molecule has 0 amide bonds. The van der Waals surface area contributed by atoms with Crippen LogP contribution in [0.3, 0.4) is 0 Å². The molecule has 164 valence electrons. The Kier molecular flexibility index (Phi) is 6.17. The molecule has 0 unspecified atom stereocenters. The van der Waals surface area contributed by atoms with Crippen molar-refractivity contribution in [2.24, 2.45) is 52.3 Å². The van der Waals surface area contributed by atoms with Crippen molar-refractivity contribution in [3.8, 4) is 0 Å². The molecule has 0 radical (unpaired) electrons. The lowest BCUT2D eigenvalue weighted by Gasteiger charge is -2.60. The summed E-state index contributed by atoms with van der Waals surface area (Å²) in [5.41, 5.74) is 0.775. The van der Waals surface area contributed by atoms with Crippen LogP contribution in [0.2, 0.25) is 0 Å². The van der Waals surface area contributed by atoms with E-state index in [1.54, 1.807) is 0 Å². The molecule has 0 spiro atoms. The predicted octanol–water partition coefficient (Wildman–Crippen LogP) is 7.83. The van der Waals surface area contributed by atoms with E-state index in [0.717, 1.165) is 35.5 Å². The van der Waals surface area contributed by atoms with E-state index in [9.17, 15) is 4.79 Å². The zero-order valence-electron chi connectivity index (χ0n) is 19.4. The second kappa shape index (κ2) is 8.10. The number of rotatable bonds is 5. The van der Waals surface area contributed by atoms with E-state index in [4.69, 9.17) is 0 Å². The smallest absolute Gasteiger partial charge is 0.169 e. The van der Waals surface area contributed by atoms with Crippen LogP contribution < -0.4 is 0 Å². The minimum Gasteiger partial charge on any atom is -0.294 e. The number of hydrogen-bond donors (Lipinski definition) is 0. The van der Waals surface area contributed by atoms with Gasteiger partial charge in [0.1, 0.15) is 0 Å². The van der Waals surface area contributed by atoms with Gasteiger partial charge in [0, 0.05) is 0 Å². The summed E-state index contributed by atoms with van der Waals surface area (Å²) in [6, 6.07) is 0. The first-order valence-electron chi connectivity index (χ1n) is 12.6. The number of allylic oxidation sites excluding steroid dienone is 2. The molecule has 3 saturated carbocycles. The Morgan fingerprint density at radius 1 is 1.00 bits per heavy atom. The third-order valence-electron chi connectivity index (χ3n) is 10.3. The minimum absolute atomic E-state index is 0.0454. The summed E-state index contributed by atoms with van der Waals surface area (Å²) in [5, 5.41) is 0. The standard InChI is InChI=1S/C27H43BrO/c1-17(2)7-6-8-18(3)20-11-12-21-19-9-10-23-25(28)24(29)14-16-27(23,5)22(19)13-15-26(20,21)4/h14,16-23,25H,6-13,15H2,1-5H3/t18-,19+,20-,21+,22+,23-,25-,26-,27-/m1/s1. The van der Waals surface area contributed by atoms with E-state index in [1.165, 1.54) is 57.8 Å². The quantitative estimate of drug-likeness (QED) is 0.380. The molecule has 0 aliphatic heterocycles. The fourth-order valence-electron chi connectivity index (χ4n) is 8.71. The normalized spacial score (nSPS) is 47.6. The second-order valence-electron chi connectivity index (χ2n) is 12.1. The molecule has 1 nitrogen and oxygen atoms in total. The van der Waals surface area contributed by atoms with Gasteiger partial charge in [0.05, 0.1) is 4.83 Å². The van der Waals surface area contributed by atoms with Crippen molar-refractivity contribution in [3.05, 3.63) is 12.2 Å². The molecule has 0 aromatic rings. The first kappa shape index (κ1) is 22.1. The van der Waals surface area contributed by atoms with Gasteiger partial charge in [0.25, 0.3) is 0 Å². The van der Waals surface area contributed by atoms with Crippen molar-refractivity contribution in [3.63, 3.8) is 0 Å². The first-order valence-corrected chi connectivity index (χ1v) is 13.5. The average molecular weight is 464 g/mol. The summed E-state index contributed by atoms with van der Waals surface area (Å²) >= 11 is 3.78. The van der Waals surface area contributed by atoms with E-state index in [2.05, 4.69) is 56.6 Å². The number of fused-ring (bicyclic) bond motifs is 5. The van der Waals surface area contributed by atoms with Crippen LogP contribution in [0.15, 0.2) is 12.2 Å². The van der Waals surface area contributed by atoms with Gasteiger partial charge in [-0.2, -0.15) is 0 Å². The number of carbonyl (C=O) groups excluding carboxylic acids is 1. The van der Waals surface area contributed by atoms with Gasteiger partial charge in [0.15, 0.2) is 5.78 Å². The van der Waals surface area contributed by atoms with Crippen LogP contribution in [0.5, 0.6) is 0 Å². The van der Waals surface area contributed by atoms with E-state index >= 15 is 0 Å². The fourth-order valence-corrected chi connectivity index (χ4v) is 9.69. The van der Waals surface area contributed by atoms with Crippen molar-refractivity contribution in [2.75, 3.05) is 0 Å². The molecule has 3 fully saturated rings. The lowest BCUT2D eigenvalue weighted by molar-refractivity contribution is -0.121. The molecular weight excluding hydrogens is 420 g/mol. The van der Waals surface area contributed by atoms with Crippen LogP contribution in [0.1, 0.15) is 92.4 Å². The lowest BCUT2D eigenvalue weighted by Crippen LogP contribution is -2.55. The summed E-state index contributed by atoms with van der Waals surface area (Å²) in [4.78, 5) is 12.3. The van der Waals surface area contributed by atoms with Gasteiger partial charge in [-0.15, -0.1) is 0 Å². The Bertz CT molecular complexity index is 653. The molecular formula is C27H43BrO. The second-order valence-corrected chi connectivity index (χ2v) is 13.1. The number of alkyl halides is 1. The van der Waals surface area contributed by atoms with Crippen molar-refractivity contribution >= 4 is 21.7 Å². The monoisotopic (exact) mass is 462 g/mol. The Morgan fingerprint density at radius 2 is 1.72 bits per heavy atom. The van der Waals surface area contributed by atoms with Gasteiger partial charge in [-0.1, -0.05) is 75.9 Å². The molecule has 4 aliphatic rings. The van der Waals surface area contributed by atoms with Crippen molar-refractivity contribution < 1.29 is 4.79 Å². The van der Waals surface area contributed by atoms with E-state index < -0.39 is 0 Å². The van der Waals surface area contributed by atoms with Crippen LogP contribution in [-0.2, 0) is 4.79 Å². The average Bonchev–Trinajstić information content (AvgIpc) is 3.02. The van der Waals surface area contributed by atoms with E-state index in [1.807, 2.05) is 6.08 Å². The van der Waals surface area contributed by atoms with Crippen LogP contribution in [-0.4, -0.2) is 10.6 Å². The summed E-state index contributed by atoms with van der Waals surface area (Å²) in [7, 11) is 0. The minimum atomic E-state index is 0.0454. The van der Waals surface area contributed by atoms with Crippen molar-refractivity contribution in [1.82, 2.24) is 0 Å². The molecule has 0 N–H and O–H groups in total. The summed E-state index contributed by atoms with van der Waals surface area (Å²) < 4.78 is 0. The Morgan fingerprint density at radius 3 is 2.45 bits per heavy atom. The molecule has 0 bridgehead atoms. The van der Waals surface area contributed by atoms with Crippen molar-refractivity contribution in [1.29, 1.82) is 0 Å². The topological polar surface area (TPSA) is 17.1 Å². The molecule has 0 heterocycles. The Labute approximate surface area is 188 Å². The maximum Gasteiger partial charge on any atom is 0.169 e. The largest absolute Gasteiger partial charge is 0.294 e. The highest BCUT2D eigenvalue weighted by Gasteiger charge is 2.61. The SMILES string of the molecule is CC(C)CCC[C@@H](C)[C@H]1CC[C@H]2[C@@H]3CC[C@@H]4[C@@H](Br)C(=O)C=C[C@]4(C)[C@H]3CC[C@]12C. The molecule has 0 aromatic carbocycles. The number of carbonyl (C=O) groups is 1. The van der Waals surface area contributed by atoms with Gasteiger partial charge in [0.2, 0.25) is 0 Å². The third-order valence-corrected chi connectivity index (χ3v) is 11.4. The first-order chi connectivity index (χ1) is 13.7.